The van der Waals surface area contributed by atoms with Crippen molar-refractivity contribution < 1.29 is 88.6 Å². The number of likely N-dealkylation sites (N-methyl/N-ethyl adjacent to an activating group) is 2. The molecule has 12 nitrogen and oxygen atoms in total. The molecule has 6 aromatic carbocycles. The molecule has 2 aliphatic rings. The molecular weight excluding hydrogens is 1280 g/mol. The van der Waals surface area contributed by atoms with Crippen molar-refractivity contribution >= 4 is 35.3 Å². The van der Waals surface area contributed by atoms with E-state index < -0.39 is 267 Å². The van der Waals surface area contributed by atoms with Crippen LogP contribution in [-0.4, -0.2) is 103 Å². The Morgan fingerprint density at radius 3 is 1.80 bits per heavy atom. The van der Waals surface area contributed by atoms with Crippen LogP contribution < -0.4 is 11.1 Å². The van der Waals surface area contributed by atoms with Crippen LogP contribution in [0.2, 0.25) is 0 Å². The van der Waals surface area contributed by atoms with E-state index in [4.69, 9.17) is 34.3 Å². The molecule has 0 saturated carbocycles. The van der Waals surface area contributed by atoms with Gasteiger partial charge in [0.05, 0.1) is 43.2 Å². The van der Waals surface area contributed by atoms with Crippen molar-refractivity contribution in [2.75, 3.05) is 52.2 Å². The number of alkyl halides is 6. The van der Waals surface area contributed by atoms with Gasteiger partial charge >= 0.3 is 12.4 Å². The van der Waals surface area contributed by atoms with Gasteiger partial charge in [0, 0.05) is 84.4 Å². The van der Waals surface area contributed by atoms with Gasteiger partial charge in [-0.15, -0.1) is 0 Å². The fraction of sp³-hybridized carbons (Fsp3) is 0.378. The van der Waals surface area contributed by atoms with Crippen LogP contribution >= 0.6 is 23.5 Å². The molecular formula is C74H80F8N8O4S2. The molecule has 2 heterocycles. The molecule has 2 unspecified atom stereocenters. The Bertz CT molecular complexity index is 5700. The summed E-state index contributed by atoms with van der Waals surface area (Å²) in [5.41, 5.74) is -14.4. The maximum absolute atomic E-state index is 15.4. The summed E-state index contributed by atoms with van der Waals surface area (Å²) in [6.45, 7) is -16.7. The zero-order valence-corrected chi connectivity index (χ0v) is 53.5. The van der Waals surface area contributed by atoms with E-state index in [0.717, 1.165) is 23.9 Å². The number of hydrogen-bond acceptors (Lipinski definition) is 10. The van der Waals surface area contributed by atoms with Crippen LogP contribution in [0.3, 0.4) is 0 Å². The van der Waals surface area contributed by atoms with Gasteiger partial charge in [0.25, 0.3) is 11.1 Å². The summed E-state index contributed by atoms with van der Waals surface area (Å²) in [5, 5.41) is -1.38. The number of benzene rings is 6. The molecule has 0 radical (unpaired) electrons. The third kappa shape index (κ3) is 18.8. The first kappa shape index (κ1) is 40.7. The molecule has 0 saturated heterocycles. The Labute approximate surface area is 608 Å². The summed E-state index contributed by atoms with van der Waals surface area (Å²) < 4.78 is 390. The zero-order chi connectivity index (χ0) is 97.3. The SMILES string of the molecule is [2H]C(C)(c1ccc(-c2ccc(C(F)(F)F)cc2)cc1)N(CCN(CC)CC)C(=O)C([2H])([2H])n1c(SCc2ccc(F)cc2)nc(=O)c2c1CCC2.[2H]c1c([2H])c(C([2H])([2H])Sc2nc(=O)c3c(n2CC(=O)N(C([2H])([2H])c2c([2H])c([2H])c(-c4c([2H])c([2H])c(C(F)(F)F)c([2H])c4[2H])c([2H])c2[2H])C([2H])([2H])C([2H])([2H])N(C([2H])([2H])C)C([2H])([2H])C)C([2H])([2H])C([2H])(C)C3([2H])[2H])c([2H])c([2H])c1F. The van der Waals surface area contributed by atoms with Crippen LogP contribution in [-0.2, 0) is 78.5 Å². The molecule has 0 bridgehead atoms. The molecule has 508 valence electrons. The van der Waals surface area contributed by atoms with Gasteiger partial charge in [0.15, 0.2) is 10.3 Å². The highest BCUT2D eigenvalue weighted by atomic mass is 32.2. The Morgan fingerprint density at radius 2 is 1.21 bits per heavy atom. The molecule has 2 atom stereocenters. The minimum absolute atomic E-state index is 0.00849. The van der Waals surface area contributed by atoms with Crippen molar-refractivity contribution in [3.05, 3.63) is 234 Å². The fourth-order valence-electron chi connectivity index (χ4n) is 9.45. The van der Waals surface area contributed by atoms with Crippen LogP contribution in [0.1, 0.15) is 154 Å². The largest absolute Gasteiger partial charge is 0.416 e. The number of carbonyl (C=O) groups is 2. The van der Waals surface area contributed by atoms with Gasteiger partial charge in [0.1, 0.15) is 24.7 Å². The maximum Gasteiger partial charge on any atom is 0.416 e. The number of rotatable bonds is 26. The van der Waals surface area contributed by atoms with Gasteiger partial charge in [-0.2, -0.15) is 36.3 Å². The zero-order valence-electron chi connectivity index (χ0n) is 83.8. The number of hydrogen-bond donors (Lipinski definition) is 0. The number of fused-ring (bicyclic) bond motifs is 2. The topological polar surface area (TPSA) is 117 Å². The minimum atomic E-state index is -5.54. The predicted octanol–water partition coefficient (Wildman–Crippen LogP) is 15.2. The molecule has 2 aromatic heterocycles. The van der Waals surface area contributed by atoms with Crippen LogP contribution in [0.15, 0.2) is 165 Å². The second kappa shape index (κ2) is 32.9. The molecule has 8 aromatic rings. The van der Waals surface area contributed by atoms with E-state index in [-0.39, 0.29) is 22.0 Å². The first-order chi connectivity index (χ1) is 58.3. The Morgan fingerprint density at radius 1 is 0.635 bits per heavy atom. The van der Waals surface area contributed by atoms with Crippen LogP contribution in [0.5, 0.6) is 0 Å². The molecule has 96 heavy (non-hydrogen) atoms. The van der Waals surface area contributed by atoms with E-state index in [9.17, 15) is 59.1 Å². The average molecular weight is 1390 g/mol. The van der Waals surface area contributed by atoms with Gasteiger partial charge in [-0.3, -0.25) is 19.2 Å². The van der Waals surface area contributed by atoms with Crippen molar-refractivity contribution in [2.45, 2.75) is 133 Å². The molecule has 0 N–H and O–H groups in total. The Hall–Kier alpha value is -7.92. The summed E-state index contributed by atoms with van der Waals surface area (Å²) >= 11 is 0.566. The molecule has 22 heteroatoms. The molecule has 0 fully saturated rings. The molecule has 0 spiro atoms. The van der Waals surface area contributed by atoms with Gasteiger partial charge in [-0.25, -0.2) is 8.78 Å². The number of thioether (sulfide) groups is 2. The van der Waals surface area contributed by atoms with E-state index in [1.165, 1.54) is 40.7 Å². The molecule has 2 amide bonds. The van der Waals surface area contributed by atoms with Crippen molar-refractivity contribution in [1.29, 1.82) is 0 Å². The maximum atomic E-state index is 15.4. The van der Waals surface area contributed by atoms with Crippen LogP contribution in [0.4, 0.5) is 35.1 Å². The summed E-state index contributed by atoms with van der Waals surface area (Å²) in [6.07, 6.45) is -15.7. The first-order valence-corrected chi connectivity index (χ1v) is 31.0. The lowest BCUT2D eigenvalue weighted by Crippen LogP contribution is -2.42. The van der Waals surface area contributed by atoms with Gasteiger partial charge < -0.3 is 28.7 Å². The molecule has 10 rings (SSSR count). The van der Waals surface area contributed by atoms with Crippen LogP contribution in [0, 0.1) is 17.5 Å². The monoisotopic (exact) mass is 1390 g/mol. The van der Waals surface area contributed by atoms with Crippen molar-refractivity contribution in [3.8, 4) is 22.3 Å². The van der Waals surface area contributed by atoms with E-state index in [0.29, 0.717) is 93.2 Å². The van der Waals surface area contributed by atoms with E-state index in [2.05, 4.69) is 14.9 Å². The third-order valence-corrected chi connectivity index (χ3v) is 16.3. The lowest BCUT2D eigenvalue weighted by molar-refractivity contribution is -0.138. The lowest BCUT2D eigenvalue weighted by Gasteiger charge is -2.33. The average Bonchev–Trinajstić information content (AvgIpc) is 1.44. The Kier molecular flexibility index (Phi) is 13.9. The Balaban J connectivity index is 0.000000313. The summed E-state index contributed by atoms with van der Waals surface area (Å²) in [5.74, 6) is -8.51. The molecule has 2 aliphatic carbocycles. The van der Waals surface area contributed by atoms with Gasteiger partial charge in [0.2, 0.25) is 11.8 Å². The lowest BCUT2D eigenvalue weighted by atomic mass is 9.99. The number of aromatic nitrogens is 4. The first-order valence-electron chi connectivity index (χ1n) is 45.2. The minimum Gasteiger partial charge on any atom is -0.336 e. The summed E-state index contributed by atoms with van der Waals surface area (Å²) in [7, 11) is 0. The van der Waals surface area contributed by atoms with Gasteiger partial charge in [-0.1, -0.05) is 155 Å². The van der Waals surface area contributed by atoms with E-state index >= 15 is 4.79 Å². The highest BCUT2D eigenvalue weighted by Crippen LogP contribution is 2.35. The van der Waals surface area contributed by atoms with Crippen molar-refractivity contribution in [3.63, 3.8) is 0 Å². The van der Waals surface area contributed by atoms with Crippen LogP contribution in [0.25, 0.3) is 22.3 Å². The third-order valence-electron chi connectivity index (χ3n) is 14.5. The van der Waals surface area contributed by atoms with Crippen molar-refractivity contribution in [1.82, 2.24) is 38.7 Å². The normalized spacial score (nSPS) is 22.0. The second-order valence-electron chi connectivity index (χ2n) is 20.7. The number of amides is 2. The fourth-order valence-corrected chi connectivity index (χ4v) is 11.1. The standard InChI is InChI=1S/2C37H40F4N4O2S/c1-4-43(5-2)18-19-44(22-26-6-10-28(11-7-26)29-12-14-30(15-13-29)37(39,40)41)34(46)23-45-33-21-25(3)20-32(33)35(47)42-36(45)48-24-27-8-16-31(38)17-9-27;1-4-43(5-2)21-22-44(25(3)27-11-13-28(14-12-27)29-15-17-30(18-16-29)37(39,40)41)34(46)23-45-33-8-6-7-32(33)35(47)42-36(45)48-24-26-9-19-31(38)20-10-26/h6-17,25H,4-5,18-24H2,1-3H3;9-20,25H,4-8,21-24H2,1-3H3/i4D2,5D2,6D,7D,8D,9D,10D,11D,12D,13D,14D,15D,16D,17D,18D2,19D2,20D2,21D2,22D2,24D2,25D;23D2,25D. The number of carbonyl (C=O) groups excluding carboxylic acids is 2. The van der Waals surface area contributed by atoms with E-state index in [1.54, 1.807) is 36.4 Å². The quantitative estimate of drug-likeness (QED) is 0.0295. The summed E-state index contributed by atoms with van der Waals surface area (Å²) in [4.78, 5) is 66.6. The van der Waals surface area contributed by atoms with Gasteiger partial charge in [-0.05, 0) is 164 Å². The number of nitrogens with zero attached hydrogens (tertiary/aromatic N) is 8. The van der Waals surface area contributed by atoms with E-state index in [1.807, 2.05) is 13.8 Å². The highest BCUT2D eigenvalue weighted by molar-refractivity contribution is 7.98. The van der Waals surface area contributed by atoms with Crippen molar-refractivity contribution in [2.24, 2.45) is 5.89 Å². The predicted molar refractivity (Wildman–Crippen MR) is 362 cm³/mol. The highest BCUT2D eigenvalue weighted by Gasteiger charge is 2.33. The number of halogens is 8. The molecule has 0 aliphatic heterocycles. The second-order valence-corrected chi connectivity index (χ2v) is 22.4. The summed E-state index contributed by atoms with van der Waals surface area (Å²) in [6, 6.07) is -4.04. The smallest absolute Gasteiger partial charge is 0.336 e.